The van der Waals surface area contributed by atoms with Crippen LogP contribution in [0.3, 0.4) is 0 Å². The van der Waals surface area contributed by atoms with Gasteiger partial charge in [-0.2, -0.15) is 0 Å². The van der Waals surface area contributed by atoms with Gasteiger partial charge in [0.2, 0.25) is 10.0 Å². The lowest BCUT2D eigenvalue weighted by molar-refractivity contribution is 0.123. The van der Waals surface area contributed by atoms with E-state index < -0.39 is 10.0 Å². The SMILES string of the molecule is O=S(=O)(NCCCOCC1CC1)c1csc(CO)c1. The van der Waals surface area contributed by atoms with Crippen LogP contribution in [0.5, 0.6) is 0 Å². The highest BCUT2D eigenvalue weighted by molar-refractivity contribution is 7.89. The van der Waals surface area contributed by atoms with Crippen LogP contribution in [-0.2, 0) is 21.4 Å². The molecule has 19 heavy (non-hydrogen) atoms. The maximum absolute atomic E-state index is 11.9. The standard InChI is InChI=1S/C12H19NO4S2/c14-7-11-6-12(9-18-11)19(15,16)13-4-1-5-17-8-10-2-3-10/h6,9-10,13-14H,1-5,7-8H2. The number of nitrogens with one attached hydrogen (secondary N) is 1. The maximum atomic E-state index is 11.9. The zero-order chi connectivity index (χ0) is 13.7. The summed E-state index contributed by atoms with van der Waals surface area (Å²) in [5, 5.41) is 10.5. The Hall–Kier alpha value is -0.470. The summed E-state index contributed by atoms with van der Waals surface area (Å²) in [4.78, 5) is 0.869. The van der Waals surface area contributed by atoms with E-state index in [9.17, 15) is 8.42 Å². The molecule has 0 bridgehead atoms. The van der Waals surface area contributed by atoms with E-state index >= 15 is 0 Å². The molecule has 1 fully saturated rings. The number of rotatable bonds is 9. The minimum Gasteiger partial charge on any atom is -0.391 e. The Labute approximate surface area is 117 Å². The van der Waals surface area contributed by atoms with Crippen LogP contribution in [0.4, 0.5) is 0 Å². The highest BCUT2D eigenvalue weighted by atomic mass is 32.2. The van der Waals surface area contributed by atoms with Crippen molar-refractivity contribution in [3.63, 3.8) is 0 Å². The van der Waals surface area contributed by atoms with Crippen LogP contribution < -0.4 is 4.72 Å². The van der Waals surface area contributed by atoms with Crippen molar-refractivity contribution in [1.82, 2.24) is 4.72 Å². The highest BCUT2D eigenvalue weighted by Crippen LogP contribution is 2.28. The fraction of sp³-hybridized carbons (Fsp3) is 0.667. The molecule has 2 rings (SSSR count). The third kappa shape index (κ3) is 4.85. The smallest absolute Gasteiger partial charge is 0.241 e. The van der Waals surface area contributed by atoms with Gasteiger partial charge in [-0.1, -0.05) is 0 Å². The van der Waals surface area contributed by atoms with Gasteiger partial charge in [0.05, 0.1) is 11.5 Å². The average molecular weight is 305 g/mol. The molecule has 0 radical (unpaired) electrons. The number of sulfonamides is 1. The van der Waals surface area contributed by atoms with E-state index in [2.05, 4.69) is 4.72 Å². The Balaban J connectivity index is 1.67. The molecule has 108 valence electrons. The molecule has 1 aliphatic rings. The van der Waals surface area contributed by atoms with Crippen LogP contribution in [0.25, 0.3) is 0 Å². The Morgan fingerprint density at radius 1 is 1.47 bits per heavy atom. The molecule has 0 unspecified atom stereocenters. The van der Waals surface area contributed by atoms with E-state index in [1.54, 1.807) is 0 Å². The molecule has 1 aromatic heterocycles. The number of hydrogen-bond donors (Lipinski definition) is 2. The normalized spacial score (nSPS) is 15.8. The van der Waals surface area contributed by atoms with E-state index in [0.29, 0.717) is 24.4 Å². The van der Waals surface area contributed by atoms with E-state index in [1.807, 2.05) is 0 Å². The second-order valence-corrected chi connectivity index (χ2v) is 7.44. The molecule has 0 amide bonds. The second-order valence-electron chi connectivity index (χ2n) is 4.68. The van der Waals surface area contributed by atoms with E-state index in [4.69, 9.17) is 9.84 Å². The van der Waals surface area contributed by atoms with Crippen molar-refractivity contribution in [2.75, 3.05) is 19.8 Å². The van der Waals surface area contributed by atoms with E-state index in [1.165, 1.54) is 35.6 Å². The van der Waals surface area contributed by atoms with E-state index in [0.717, 1.165) is 12.5 Å². The third-order valence-corrected chi connectivity index (χ3v) is 5.42. The molecule has 2 N–H and O–H groups in total. The lowest BCUT2D eigenvalue weighted by atomic mass is 10.4. The molecule has 0 atom stereocenters. The van der Waals surface area contributed by atoms with Crippen LogP contribution in [-0.4, -0.2) is 33.3 Å². The molecular weight excluding hydrogens is 286 g/mol. The molecule has 7 heteroatoms. The fourth-order valence-electron chi connectivity index (χ4n) is 1.58. The monoisotopic (exact) mass is 305 g/mol. The number of hydrogen-bond acceptors (Lipinski definition) is 5. The van der Waals surface area contributed by atoms with Crippen LogP contribution in [0, 0.1) is 5.92 Å². The summed E-state index contributed by atoms with van der Waals surface area (Å²) in [7, 11) is -3.45. The van der Waals surface area contributed by atoms with Crippen molar-refractivity contribution in [2.45, 2.75) is 30.8 Å². The summed E-state index contributed by atoms with van der Waals surface area (Å²) in [6, 6.07) is 1.50. The summed E-state index contributed by atoms with van der Waals surface area (Å²) < 4.78 is 31.7. The molecule has 0 aromatic carbocycles. The van der Waals surface area contributed by atoms with Crippen LogP contribution in [0.15, 0.2) is 16.3 Å². The van der Waals surface area contributed by atoms with Gasteiger partial charge in [0, 0.05) is 30.0 Å². The van der Waals surface area contributed by atoms with Gasteiger partial charge in [0.1, 0.15) is 0 Å². The first-order valence-electron chi connectivity index (χ1n) is 6.37. The van der Waals surface area contributed by atoms with Gasteiger partial charge in [-0.3, -0.25) is 0 Å². The predicted molar refractivity (Wildman–Crippen MR) is 73.6 cm³/mol. The van der Waals surface area contributed by atoms with E-state index in [-0.39, 0.29) is 11.5 Å². The molecule has 1 saturated carbocycles. The summed E-state index contributed by atoms with van der Waals surface area (Å²) in [5.41, 5.74) is 0. The lowest BCUT2D eigenvalue weighted by Crippen LogP contribution is -2.25. The molecule has 0 spiro atoms. The fourth-order valence-corrected chi connectivity index (χ4v) is 3.79. The van der Waals surface area contributed by atoms with Crippen LogP contribution in [0.1, 0.15) is 24.1 Å². The quantitative estimate of drug-likeness (QED) is 0.675. The van der Waals surface area contributed by atoms with Crippen LogP contribution >= 0.6 is 11.3 Å². The minimum absolute atomic E-state index is 0.130. The van der Waals surface area contributed by atoms with Crippen molar-refractivity contribution in [3.8, 4) is 0 Å². The summed E-state index contributed by atoms with van der Waals surface area (Å²) in [6.07, 6.45) is 3.19. The number of aliphatic hydroxyl groups excluding tert-OH is 1. The number of ether oxygens (including phenoxy) is 1. The van der Waals surface area contributed by atoms with Gasteiger partial charge >= 0.3 is 0 Å². The molecule has 0 aliphatic heterocycles. The van der Waals surface area contributed by atoms with Gasteiger partial charge < -0.3 is 9.84 Å². The lowest BCUT2D eigenvalue weighted by Gasteiger charge is -2.05. The molecule has 5 nitrogen and oxygen atoms in total. The van der Waals surface area contributed by atoms with Gasteiger partial charge in [-0.05, 0) is 31.2 Å². The van der Waals surface area contributed by atoms with Crippen molar-refractivity contribution < 1.29 is 18.3 Å². The molecular formula is C12H19NO4S2. The van der Waals surface area contributed by atoms with Crippen molar-refractivity contribution >= 4 is 21.4 Å². The van der Waals surface area contributed by atoms with Gasteiger partial charge in [0.15, 0.2) is 0 Å². The minimum atomic E-state index is -3.45. The zero-order valence-electron chi connectivity index (χ0n) is 10.7. The van der Waals surface area contributed by atoms with Gasteiger partial charge in [-0.15, -0.1) is 11.3 Å². The molecule has 1 aromatic rings. The number of thiophene rings is 1. The largest absolute Gasteiger partial charge is 0.391 e. The van der Waals surface area contributed by atoms with Crippen molar-refractivity contribution in [1.29, 1.82) is 0 Å². The van der Waals surface area contributed by atoms with Crippen molar-refractivity contribution in [3.05, 3.63) is 16.3 Å². The first-order valence-corrected chi connectivity index (χ1v) is 8.74. The summed E-state index contributed by atoms with van der Waals surface area (Å²) in [5.74, 6) is 0.736. The topological polar surface area (TPSA) is 75.6 Å². The molecule has 0 saturated heterocycles. The summed E-state index contributed by atoms with van der Waals surface area (Å²) >= 11 is 1.24. The van der Waals surface area contributed by atoms with Crippen molar-refractivity contribution in [2.24, 2.45) is 5.92 Å². The van der Waals surface area contributed by atoms with Gasteiger partial charge in [-0.25, -0.2) is 13.1 Å². The maximum Gasteiger partial charge on any atom is 0.241 e. The Kier molecular flexibility index (Phi) is 5.35. The number of aliphatic hydroxyl groups is 1. The highest BCUT2D eigenvalue weighted by Gasteiger charge is 2.21. The Bertz CT molecular complexity index is 494. The average Bonchev–Trinajstić information content (AvgIpc) is 3.07. The second kappa shape index (κ2) is 6.81. The summed E-state index contributed by atoms with van der Waals surface area (Å²) in [6.45, 7) is 1.63. The Morgan fingerprint density at radius 2 is 2.26 bits per heavy atom. The zero-order valence-corrected chi connectivity index (χ0v) is 12.3. The molecule has 1 aliphatic carbocycles. The van der Waals surface area contributed by atoms with Crippen LogP contribution in [0.2, 0.25) is 0 Å². The Morgan fingerprint density at radius 3 is 2.89 bits per heavy atom. The third-order valence-electron chi connectivity index (χ3n) is 2.90. The van der Waals surface area contributed by atoms with Gasteiger partial charge in [0.25, 0.3) is 0 Å². The predicted octanol–water partition coefficient (Wildman–Crippen LogP) is 1.34. The first-order chi connectivity index (χ1) is 9.12. The first kappa shape index (κ1) is 14.9. The molecule has 1 heterocycles.